The fourth-order valence-corrected chi connectivity index (χ4v) is 6.33. The molecule has 0 unspecified atom stereocenters. The quantitative estimate of drug-likeness (QED) is 0.331. The van der Waals surface area contributed by atoms with Gasteiger partial charge in [-0.15, -0.1) is 0 Å². The van der Waals surface area contributed by atoms with Crippen LogP contribution in [0.3, 0.4) is 0 Å². The summed E-state index contributed by atoms with van der Waals surface area (Å²) in [4.78, 5) is 22.3. The number of rotatable bonds is 5. The molecule has 9 heteroatoms. The first-order valence-corrected chi connectivity index (χ1v) is 15.6. The third-order valence-corrected chi connectivity index (χ3v) is 8.81. The summed E-state index contributed by atoms with van der Waals surface area (Å²) in [6.07, 6.45) is 0. The third kappa shape index (κ3) is 7.10. The van der Waals surface area contributed by atoms with E-state index in [2.05, 4.69) is 35.8 Å². The lowest BCUT2D eigenvalue weighted by molar-refractivity contribution is 0.0673. The van der Waals surface area contributed by atoms with Crippen LogP contribution in [0.2, 0.25) is 0 Å². The summed E-state index contributed by atoms with van der Waals surface area (Å²) >= 11 is 0. The molecule has 0 saturated carbocycles. The Balaban J connectivity index is 0.00000226. The monoisotopic (exact) mass is 612 g/mol. The van der Waals surface area contributed by atoms with Crippen LogP contribution in [-0.2, 0) is 6.54 Å². The normalized spacial score (nSPS) is 18.5. The van der Waals surface area contributed by atoms with Crippen molar-refractivity contribution in [2.45, 2.75) is 60.2 Å². The van der Waals surface area contributed by atoms with Gasteiger partial charge in [0.05, 0.1) is 22.5 Å². The second-order valence-electron chi connectivity index (χ2n) is 11.7. The lowest BCUT2D eigenvalue weighted by atomic mass is 9.97. The first-order valence-electron chi connectivity index (χ1n) is 15.6. The number of para-hydroxylation sites is 1. The van der Waals surface area contributed by atoms with E-state index in [1.165, 1.54) is 0 Å². The Kier molecular flexibility index (Phi) is 10.8. The van der Waals surface area contributed by atoms with E-state index in [1.807, 2.05) is 73.9 Å². The van der Waals surface area contributed by atoms with Gasteiger partial charge in [-0.3, -0.25) is 9.69 Å². The lowest BCUT2D eigenvalue weighted by Crippen LogP contribution is -2.54. The predicted octanol–water partition coefficient (Wildman–Crippen LogP) is 6.41. The molecular weight excluding hydrogens is 570 g/mol. The van der Waals surface area contributed by atoms with Gasteiger partial charge < -0.3 is 14.7 Å². The number of piperazine rings is 2. The van der Waals surface area contributed by atoms with Crippen LogP contribution in [0.1, 0.15) is 65.9 Å². The molecule has 1 amide bonds. The van der Waals surface area contributed by atoms with E-state index in [4.69, 9.17) is 0 Å². The molecule has 2 fully saturated rings. The van der Waals surface area contributed by atoms with Crippen molar-refractivity contribution >= 4 is 17.3 Å². The van der Waals surface area contributed by atoms with E-state index >= 15 is 0 Å². The lowest BCUT2D eigenvalue weighted by Gasteiger charge is -2.42. The van der Waals surface area contributed by atoms with Crippen molar-refractivity contribution in [3.8, 4) is 12.1 Å². The summed E-state index contributed by atoms with van der Waals surface area (Å²) < 4.78 is 27.7. The van der Waals surface area contributed by atoms with Crippen LogP contribution >= 0.6 is 0 Å². The van der Waals surface area contributed by atoms with Gasteiger partial charge in [-0.1, -0.05) is 32.0 Å². The summed E-state index contributed by atoms with van der Waals surface area (Å²) in [5.74, 6) is -2.10. The fraction of sp³-hybridized carbons (Fsp3) is 0.417. The van der Waals surface area contributed by atoms with Crippen LogP contribution in [0.4, 0.5) is 20.2 Å². The SMILES string of the molecule is CC.Cc1cc(C)c(C(=O)N2CCN(c3cc(F)c(F)cc3C#N)C[C@@H]2C)cc1CN1CCN(c2ccccc2C#N)C[C@@H]1C. The zero-order chi connectivity index (χ0) is 32.8. The van der Waals surface area contributed by atoms with E-state index in [-0.39, 0.29) is 23.6 Å². The van der Waals surface area contributed by atoms with Crippen LogP contribution in [0.25, 0.3) is 0 Å². The molecule has 2 saturated heterocycles. The number of amides is 1. The smallest absolute Gasteiger partial charge is 0.254 e. The molecule has 0 radical (unpaired) electrons. The number of hydrogen-bond acceptors (Lipinski definition) is 6. The van der Waals surface area contributed by atoms with Crippen molar-refractivity contribution in [1.82, 2.24) is 9.80 Å². The Hall–Kier alpha value is -4.47. The van der Waals surface area contributed by atoms with E-state index in [0.717, 1.165) is 60.7 Å². The number of anilines is 2. The van der Waals surface area contributed by atoms with Crippen molar-refractivity contribution in [3.05, 3.63) is 93.5 Å². The summed E-state index contributed by atoms with van der Waals surface area (Å²) in [7, 11) is 0. The molecule has 2 heterocycles. The van der Waals surface area contributed by atoms with Crippen LogP contribution in [0.15, 0.2) is 48.5 Å². The molecule has 0 aliphatic carbocycles. The van der Waals surface area contributed by atoms with Crippen molar-refractivity contribution in [2.24, 2.45) is 0 Å². The minimum atomic E-state index is -1.05. The molecule has 0 bridgehead atoms. The van der Waals surface area contributed by atoms with Gasteiger partial charge in [0, 0.05) is 69.5 Å². The number of nitrogens with zero attached hydrogens (tertiary/aromatic N) is 6. The number of nitriles is 2. The highest BCUT2D eigenvalue weighted by Gasteiger charge is 2.31. The Morgan fingerprint density at radius 2 is 1.42 bits per heavy atom. The molecule has 7 nitrogen and oxygen atoms in total. The van der Waals surface area contributed by atoms with Gasteiger partial charge >= 0.3 is 0 Å². The van der Waals surface area contributed by atoms with Crippen LogP contribution < -0.4 is 9.80 Å². The molecular formula is C36H42F2N6O. The molecule has 2 aliphatic rings. The van der Waals surface area contributed by atoms with Gasteiger partial charge in [0.1, 0.15) is 12.1 Å². The van der Waals surface area contributed by atoms with Gasteiger partial charge in [0.25, 0.3) is 5.91 Å². The van der Waals surface area contributed by atoms with Gasteiger partial charge in [0.2, 0.25) is 0 Å². The highest BCUT2D eigenvalue weighted by atomic mass is 19.2. The second-order valence-corrected chi connectivity index (χ2v) is 11.7. The predicted molar refractivity (Wildman–Crippen MR) is 174 cm³/mol. The Morgan fingerprint density at radius 3 is 2.09 bits per heavy atom. The number of aryl methyl sites for hydroxylation is 2. The average molecular weight is 613 g/mol. The van der Waals surface area contributed by atoms with Crippen molar-refractivity contribution in [2.75, 3.05) is 49.1 Å². The number of carbonyl (C=O) groups excluding carboxylic acids is 1. The number of carbonyl (C=O) groups is 1. The number of hydrogen-bond donors (Lipinski definition) is 0. The van der Waals surface area contributed by atoms with Crippen LogP contribution in [0.5, 0.6) is 0 Å². The van der Waals surface area contributed by atoms with Gasteiger partial charge in [0.15, 0.2) is 11.6 Å². The largest absolute Gasteiger partial charge is 0.368 e. The molecule has 45 heavy (non-hydrogen) atoms. The second kappa shape index (κ2) is 14.5. The van der Waals surface area contributed by atoms with Crippen LogP contribution in [-0.4, -0.2) is 67.1 Å². The van der Waals surface area contributed by atoms with Crippen molar-refractivity contribution in [3.63, 3.8) is 0 Å². The minimum absolute atomic E-state index is 0.0531. The average Bonchev–Trinajstić information content (AvgIpc) is 3.04. The van der Waals surface area contributed by atoms with Crippen molar-refractivity contribution < 1.29 is 13.6 Å². The maximum atomic E-state index is 14.0. The van der Waals surface area contributed by atoms with Gasteiger partial charge in [-0.25, -0.2) is 8.78 Å². The zero-order valence-electron chi connectivity index (χ0n) is 27.1. The molecule has 0 N–H and O–H groups in total. The first kappa shape index (κ1) is 33.4. The zero-order valence-corrected chi connectivity index (χ0v) is 27.1. The molecule has 0 spiro atoms. The Bertz CT molecular complexity index is 1630. The molecule has 3 aromatic rings. The summed E-state index contributed by atoms with van der Waals surface area (Å²) in [6, 6.07) is 18.1. The van der Waals surface area contributed by atoms with E-state index in [1.54, 1.807) is 0 Å². The molecule has 0 aromatic heterocycles. The highest BCUT2D eigenvalue weighted by Crippen LogP contribution is 2.29. The maximum absolute atomic E-state index is 14.0. The standard InChI is InChI=1S/C34H36F2N6O.C2H6/c1-22-13-23(2)29(14-28(22)21-39-9-10-40(19-24(39)3)32-8-6-5-7-26(32)17-37)34(43)42-12-11-41(20-25(42)4)33-16-31(36)30(35)15-27(33)18-38;1-2/h5-8,13-16,24-25H,9-12,19-21H2,1-4H3;1-2H3/t24-,25-;/m0./s1. The van der Waals surface area contributed by atoms with E-state index < -0.39 is 11.6 Å². The Labute approximate surface area is 265 Å². The number of benzene rings is 3. The Morgan fingerprint density at radius 1 is 0.800 bits per heavy atom. The summed E-state index contributed by atoms with van der Waals surface area (Å²) in [5.41, 5.74) is 5.91. The molecule has 2 aliphatic heterocycles. The molecule has 5 rings (SSSR count). The highest BCUT2D eigenvalue weighted by molar-refractivity contribution is 5.96. The third-order valence-electron chi connectivity index (χ3n) is 8.81. The molecule has 3 aromatic carbocycles. The van der Waals surface area contributed by atoms with E-state index in [9.17, 15) is 24.1 Å². The minimum Gasteiger partial charge on any atom is -0.368 e. The summed E-state index contributed by atoms with van der Waals surface area (Å²) in [5, 5.41) is 19.0. The first-order chi connectivity index (χ1) is 21.6. The van der Waals surface area contributed by atoms with Crippen molar-refractivity contribution in [1.29, 1.82) is 10.5 Å². The van der Waals surface area contributed by atoms with Crippen LogP contribution in [0, 0.1) is 48.1 Å². The fourth-order valence-electron chi connectivity index (χ4n) is 6.33. The van der Waals surface area contributed by atoms with Gasteiger partial charge in [-0.2, -0.15) is 10.5 Å². The molecule has 236 valence electrons. The maximum Gasteiger partial charge on any atom is 0.254 e. The van der Waals surface area contributed by atoms with E-state index in [0.29, 0.717) is 36.4 Å². The summed E-state index contributed by atoms with van der Waals surface area (Å²) in [6.45, 7) is 16.6. The topological polar surface area (TPSA) is 77.6 Å². The number of halogens is 2. The van der Waals surface area contributed by atoms with Gasteiger partial charge in [-0.05, 0) is 68.7 Å². The molecule has 2 atom stereocenters.